The van der Waals surface area contributed by atoms with Gasteiger partial charge in [0.1, 0.15) is 0 Å². The fourth-order valence-electron chi connectivity index (χ4n) is 11.7. The van der Waals surface area contributed by atoms with Crippen LogP contribution in [0.1, 0.15) is 418 Å². The Kier molecular flexibility index (Phi) is 67.9. The van der Waals surface area contributed by atoms with Crippen molar-refractivity contribution < 1.29 is 24.5 Å². The summed E-state index contributed by atoms with van der Waals surface area (Å²) in [4.78, 5) is 24.6. The van der Waals surface area contributed by atoms with E-state index >= 15 is 0 Å². The minimum Gasteiger partial charge on any atom is -0.466 e. The monoisotopic (exact) mass is 1110 g/mol. The lowest BCUT2D eigenvalue weighted by Crippen LogP contribution is -2.45. The lowest BCUT2D eigenvalue weighted by atomic mass is 10.0. The second-order valence-corrected chi connectivity index (χ2v) is 25.3. The van der Waals surface area contributed by atoms with E-state index in [0.717, 1.165) is 44.9 Å². The molecule has 0 heterocycles. The van der Waals surface area contributed by atoms with E-state index in [9.17, 15) is 19.8 Å². The zero-order valence-electron chi connectivity index (χ0n) is 53.9. The largest absolute Gasteiger partial charge is 0.466 e. The first-order chi connectivity index (χ1) is 39.0. The molecule has 6 heteroatoms. The standard InChI is InChI=1S/C73H143NO5/c1-3-5-7-9-11-13-15-16-17-18-19-20-21-24-27-30-33-36-39-42-46-49-53-57-61-65-71(76)70(69-75)74-72(77)66-62-58-54-50-47-43-40-37-34-31-28-25-22-23-26-29-32-35-38-41-44-48-52-56-60-64-68-79-73(78)67-63-59-55-51-45-14-12-10-8-6-4-2/h10,12,70-71,75-76H,3-9,11,13-69H2,1-2H3,(H,74,77)/b12-10-. The number of aliphatic hydroxyl groups is 2. The summed E-state index contributed by atoms with van der Waals surface area (Å²) in [6.07, 6.45) is 85.6. The highest BCUT2D eigenvalue weighted by Crippen LogP contribution is 2.20. The number of carbonyl (C=O) groups is 2. The first-order valence-corrected chi connectivity index (χ1v) is 36.4. The van der Waals surface area contributed by atoms with Gasteiger partial charge in [-0.05, 0) is 44.9 Å². The molecular formula is C73H143NO5. The number of nitrogens with one attached hydrogen (secondary N) is 1. The molecular weight excluding hydrogens is 971 g/mol. The van der Waals surface area contributed by atoms with Gasteiger partial charge in [0.25, 0.3) is 0 Å². The minimum absolute atomic E-state index is 0.00726. The summed E-state index contributed by atoms with van der Waals surface area (Å²) in [6.45, 7) is 4.96. The summed E-state index contributed by atoms with van der Waals surface area (Å²) in [5.41, 5.74) is 0. The molecule has 0 aromatic rings. The van der Waals surface area contributed by atoms with E-state index in [0.29, 0.717) is 25.9 Å². The fourth-order valence-corrected chi connectivity index (χ4v) is 11.7. The van der Waals surface area contributed by atoms with Gasteiger partial charge in [0.2, 0.25) is 5.91 Å². The lowest BCUT2D eigenvalue weighted by molar-refractivity contribution is -0.143. The Morgan fingerprint density at radius 2 is 0.608 bits per heavy atom. The summed E-state index contributed by atoms with van der Waals surface area (Å²) in [6, 6.07) is -0.541. The Bertz CT molecular complexity index is 1190. The molecule has 0 aromatic heterocycles. The molecule has 6 nitrogen and oxygen atoms in total. The number of hydrogen-bond donors (Lipinski definition) is 3. The van der Waals surface area contributed by atoms with Crippen molar-refractivity contribution in [3.05, 3.63) is 12.2 Å². The van der Waals surface area contributed by atoms with Gasteiger partial charge < -0.3 is 20.3 Å². The van der Waals surface area contributed by atoms with E-state index in [4.69, 9.17) is 4.74 Å². The number of aliphatic hydroxyl groups excluding tert-OH is 2. The normalized spacial score (nSPS) is 12.5. The van der Waals surface area contributed by atoms with Crippen molar-refractivity contribution in [2.75, 3.05) is 13.2 Å². The third-order valence-electron chi connectivity index (χ3n) is 17.3. The highest BCUT2D eigenvalue weighted by molar-refractivity contribution is 5.76. The van der Waals surface area contributed by atoms with Crippen LogP contribution < -0.4 is 5.32 Å². The fraction of sp³-hybridized carbons (Fsp3) is 0.945. The summed E-state index contributed by atoms with van der Waals surface area (Å²) in [5, 5.41) is 23.5. The van der Waals surface area contributed by atoms with Crippen LogP contribution in [-0.2, 0) is 14.3 Å². The predicted molar refractivity (Wildman–Crippen MR) is 347 cm³/mol. The number of hydrogen-bond acceptors (Lipinski definition) is 5. The molecule has 0 rings (SSSR count). The molecule has 2 atom stereocenters. The molecule has 79 heavy (non-hydrogen) atoms. The maximum absolute atomic E-state index is 12.6. The molecule has 0 aliphatic carbocycles. The summed E-state index contributed by atoms with van der Waals surface area (Å²) >= 11 is 0. The van der Waals surface area contributed by atoms with Crippen molar-refractivity contribution >= 4 is 11.9 Å². The molecule has 0 aromatic carbocycles. The van der Waals surface area contributed by atoms with Crippen molar-refractivity contribution in [3.63, 3.8) is 0 Å². The van der Waals surface area contributed by atoms with Gasteiger partial charge in [-0.15, -0.1) is 0 Å². The van der Waals surface area contributed by atoms with Crippen LogP contribution in [0.15, 0.2) is 12.2 Å². The number of ether oxygens (including phenoxy) is 1. The van der Waals surface area contributed by atoms with Crippen LogP contribution >= 0.6 is 0 Å². The van der Waals surface area contributed by atoms with E-state index in [1.165, 1.54) is 340 Å². The van der Waals surface area contributed by atoms with Gasteiger partial charge >= 0.3 is 5.97 Å². The number of allylic oxidation sites excluding steroid dienone is 2. The van der Waals surface area contributed by atoms with Crippen LogP contribution in [0, 0.1) is 0 Å². The van der Waals surface area contributed by atoms with Crippen LogP contribution in [0.4, 0.5) is 0 Å². The van der Waals surface area contributed by atoms with Crippen LogP contribution in [-0.4, -0.2) is 47.4 Å². The van der Waals surface area contributed by atoms with Crippen molar-refractivity contribution in [3.8, 4) is 0 Å². The zero-order valence-corrected chi connectivity index (χ0v) is 53.9. The minimum atomic E-state index is -0.664. The smallest absolute Gasteiger partial charge is 0.305 e. The second-order valence-electron chi connectivity index (χ2n) is 25.3. The first-order valence-electron chi connectivity index (χ1n) is 36.4. The van der Waals surface area contributed by atoms with Crippen molar-refractivity contribution in [2.45, 2.75) is 431 Å². The molecule has 470 valence electrons. The Balaban J connectivity index is 3.36. The molecule has 3 N–H and O–H groups in total. The van der Waals surface area contributed by atoms with E-state index in [-0.39, 0.29) is 18.5 Å². The van der Waals surface area contributed by atoms with Gasteiger partial charge in [-0.1, -0.05) is 373 Å². The third-order valence-corrected chi connectivity index (χ3v) is 17.3. The summed E-state index contributed by atoms with van der Waals surface area (Å²) in [7, 11) is 0. The van der Waals surface area contributed by atoms with Gasteiger partial charge in [-0.25, -0.2) is 0 Å². The molecule has 0 radical (unpaired) electrons. The molecule has 0 aliphatic heterocycles. The Morgan fingerprint density at radius 1 is 0.342 bits per heavy atom. The third kappa shape index (κ3) is 65.6. The molecule has 0 saturated carbocycles. The van der Waals surface area contributed by atoms with E-state index in [1.54, 1.807) is 0 Å². The molecule has 0 saturated heterocycles. The number of rotatable bonds is 69. The Labute approximate surface area is 495 Å². The van der Waals surface area contributed by atoms with Gasteiger partial charge in [0, 0.05) is 12.8 Å². The van der Waals surface area contributed by atoms with Crippen LogP contribution in [0.5, 0.6) is 0 Å². The molecule has 0 aliphatic rings. The van der Waals surface area contributed by atoms with Gasteiger partial charge in [-0.2, -0.15) is 0 Å². The van der Waals surface area contributed by atoms with Crippen molar-refractivity contribution in [1.29, 1.82) is 0 Å². The van der Waals surface area contributed by atoms with Crippen LogP contribution in [0.25, 0.3) is 0 Å². The van der Waals surface area contributed by atoms with E-state index in [1.807, 2.05) is 0 Å². The molecule has 0 fully saturated rings. The first kappa shape index (κ1) is 77.6. The van der Waals surface area contributed by atoms with Crippen LogP contribution in [0.2, 0.25) is 0 Å². The zero-order chi connectivity index (χ0) is 57.1. The van der Waals surface area contributed by atoms with Crippen molar-refractivity contribution in [2.24, 2.45) is 0 Å². The average Bonchev–Trinajstić information content (AvgIpc) is 3.45. The maximum atomic E-state index is 12.6. The number of amides is 1. The number of unbranched alkanes of at least 4 members (excludes halogenated alkanes) is 56. The van der Waals surface area contributed by atoms with E-state index < -0.39 is 12.1 Å². The molecule has 0 spiro atoms. The van der Waals surface area contributed by atoms with E-state index in [2.05, 4.69) is 31.3 Å². The average molecular weight is 1110 g/mol. The predicted octanol–water partition coefficient (Wildman–Crippen LogP) is 23.5. The number of esters is 1. The lowest BCUT2D eigenvalue weighted by Gasteiger charge is -2.22. The molecule has 2 unspecified atom stereocenters. The quantitative estimate of drug-likeness (QED) is 0.0320. The Morgan fingerprint density at radius 3 is 0.937 bits per heavy atom. The second kappa shape index (κ2) is 69.1. The van der Waals surface area contributed by atoms with Gasteiger partial charge in [-0.3, -0.25) is 9.59 Å². The highest BCUT2D eigenvalue weighted by atomic mass is 16.5. The summed E-state index contributed by atoms with van der Waals surface area (Å²) < 4.78 is 5.47. The maximum Gasteiger partial charge on any atom is 0.305 e. The van der Waals surface area contributed by atoms with Crippen molar-refractivity contribution in [1.82, 2.24) is 5.32 Å². The molecule has 0 bridgehead atoms. The SMILES string of the molecule is CCCC/C=C\CCCCCCCC(=O)OCCCCCCCCCCCCCCCCCCCCCCCCCCCCC(=O)NC(CO)C(O)CCCCCCCCCCCCCCCCCCCCCCCCCCC. The van der Waals surface area contributed by atoms with Gasteiger partial charge in [0.05, 0.1) is 25.4 Å². The summed E-state index contributed by atoms with van der Waals surface area (Å²) in [5.74, 6) is -0.0198. The molecule has 1 amide bonds. The number of carbonyl (C=O) groups excluding carboxylic acids is 2. The Hall–Kier alpha value is -1.40. The van der Waals surface area contributed by atoms with Gasteiger partial charge in [0.15, 0.2) is 0 Å². The topological polar surface area (TPSA) is 95.9 Å². The highest BCUT2D eigenvalue weighted by Gasteiger charge is 2.20. The van der Waals surface area contributed by atoms with Crippen LogP contribution in [0.3, 0.4) is 0 Å².